The zero-order valence-corrected chi connectivity index (χ0v) is 13.4. The molecule has 22 heavy (non-hydrogen) atoms. The van der Waals surface area contributed by atoms with Crippen molar-refractivity contribution >= 4 is 16.7 Å². The fourth-order valence-electron chi connectivity index (χ4n) is 2.54. The minimum Gasteiger partial charge on any atom is -0.506 e. The van der Waals surface area contributed by atoms with Gasteiger partial charge in [0.1, 0.15) is 11.3 Å². The maximum absolute atomic E-state index is 12.1. The van der Waals surface area contributed by atoms with Crippen LogP contribution < -0.4 is 9.47 Å². The minimum absolute atomic E-state index is 0.0995. The predicted octanol–water partition coefficient (Wildman–Crippen LogP) is 3.36. The minimum atomic E-state index is -0.530. The Bertz CT molecular complexity index is 734. The van der Waals surface area contributed by atoms with Crippen LogP contribution in [0, 0.1) is 13.8 Å². The van der Waals surface area contributed by atoms with Gasteiger partial charge in [-0.3, -0.25) is 0 Å². The highest BCUT2D eigenvalue weighted by molar-refractivity contribution is 6.05. The predicted molar refractivity (Wildman–Crippen MR) is 84.1 cm³/mol. The monoisotopic (exact) mass is 304 g/mol. The third-order valence-electron chi connectivity index (χ3n) is 3.84. The summed E-state index contributed by atoms with van der Waals surface area (Å²) < 4.78 is 15.6. The molecule has 0 aliphatic heterocycles. The molecule has 0 bridgehead atoms. The molecule has 0 aromatic heterocycles. The number of carbonyl (C=O) groups is 1. The molecule has 5 heteroatoms. The number of methoxy groups -OCH3 is 2. The Morgan fingerprint density at radius 1 is 1.05 bits per heavy atom. The fourth-order valence-corrected chi connectivity index (χ4v) is 2.54. The van der Waals surface area contributed by atoms with Gasteiger partial charge in [-0.05, 0) is 49.4 Å². The smallest absolute Gasteiger partial charge is 0.342 e. The zero-order valence-electron chi connectivity index (χ0n) is 13.4. The number of carbonyl (C=O) groups excluding carboxylic acids is 1. The highest BCUT2D eigenvalue weighted by atomic mass is 16.5. The summed E-state index contributed by atoms with van der Waals surface area (Å²) in [7, 11) is 3.08. The summed E-state index contributed by atoms with van der Waals surface area (Å²) in [5, 5.41) is 11.9. The molecule has 0 saturated heterocycles. The molecular weight excluding hydrogens is 284 g/mol. The van der Waals surface area contributed by atoms with Gasteiger partial charge in [0, 0.05) is 5.39 Å². The van der Waals surface area contributed by atoms with Gasteiger partial charge in [0.2, 0.25) is 0 Å². The maximum atomic E-state index is 12.1. The van der Waals surface area contributed by atoms with Crippen molar-refractivity contribution in [2.45, 2.75) is 20.8 Å². The number of ether oxygens (including phenoxy) is 3. The van der Waals surface area contributed by atoms with Crippen LogP contribution in [0.25, 0.3) is 10.8 Å². The van der Waals surface area contributed by atoms with E-state index in [1.807, 2.05) is 6.92 Å². The van der Waals surface area contributed by atoms with Gasteiger partial charge >= 0.3 is 5.97 Å². The molecule has 2 aromatic carbocycles. The van der Waals surface area contributed by atoms with E-state index in [1.165, 1.54) is 7.11 Å². The molecule has 0 fully saturated rings. The zero-order chi connectivity index (χ0) is 16.4. The molecule has 0 spiro atoms. The van der Waals surface area contributed by atoms with Crippen LogP contribution in [0.4, 0.5) is 0 Å². The number of esters is 1. The number of aromatic hydroxyl groups is 1. The standard InChI is InChI=1S/C17H20O5/c1-6-22-17(19)15-10(3)9(2)11-7-13(20-4)14(21-5)8-12(11)16(15)18/h7-8,18H,6H2,1-5H3. The number of hydrogen-bond donors (Lipinski definition) is 1. The van der Waals surface area contributed by atoms with E-state index in [0.29, 0.717) is 22.4 Å². The largest absolute Gasteiger partial charge is 0.506 e. The molecular formula is C17H20O5. The van der Waals surface area contributed by atoms with E-state index in [-0.39, 0.29) is 17.9 Å². The van der Waals surface area contributed by atoms with E-state index < -0.39 is 5.97 Å². The van der Waals surface area contributed by atoms with Crippen molar-refractivity contribution in [2.24, 2.45) is 0 Å². The Morgan fingerprint density at radius 2 is 1.59 bits per heavy atom. The van der Waals surface area contributed by atoms with Crippen molar-refractivity contribution in [1.29, 1.82) is 0 Å². The quantitative estimate of drug-likeness (QED) is 0.877. The van der Waals surface area contributed by atoms with Crippen LogP contribution in [0.2, 0.25) is 0 Å². The van der Waals surface area contributed by atoms with E-state index in [2.05, 4.69) is 0 Å². The first-order valence-electron chi connectivity index (χ1n) is 7.01. The van der Waals surface area contributed by atoms with Crippen LogP contribution in [0.15, 0.2) is 12.1 Å². The van der Waals surface area contributed by atoms with Crippen LogP contribution in [-0.2, 0) is 4.74 Å². The molecule has 0 atom stereocenters. The third-order valence-corrected chi connectivity index (χ3v) is 3.84. The molecule has 118 valence electrons. The third kappa shape index (κ3) is 2.43. The van der Waals surface area contributed by atoms with Crippen molar-refractivity contribution < 1.29 is 24.1 Å². The molecule has 2 aromatic rings. The number of aryl methyl sites for hydroxylation is 1. The van der Waals surface area contributed by atoms with Gasteiger partial charge in [0.05, 0.1) is 20.8 Å². The molecule has 1 N–H and O–H groups in total. The van der Waals surface area contributed by atoms with Crippen LogP contribution in [0.3, 0.4) is 0 Å². The average Bonchev–Trinajstić information content (AvgIpc) is 2.51. The van der Waals surface area contributed by atoms with E-state index in [4.69, 9.17) is 14.2 Å². The molecule has 0 radical (unpaired) electrons. The topological polar surface area (TPSA) is 65.0 Å². The Kier molecular flexibility index (Phi) is 4.45. The number of fused-ring (bicyclic) bond motifs is 1. The van der Waals surface area contributed by atoms with Crippen molar-refractivity contribution in [3.63, 3.8) is 0 Å². The van der Waals surface area contributed by atoms with Gasteiger partial charge in [-0.15, -0.1) is 0 Å². The molecule has 2 rings (SSSR count). The van der Waals surface area contributed by atoms with E-state index >= 15 is 0 Å². The first-order chi connectivity index (χ1) is 10.5. The Morgan fingerprint density at radius 3 is 2.09 bits per heavy atom. The van der Waals surface area contributed by atoms with Crippen LogP contribution in [-0.4, -0.2) is 31.9 Å². The van der Waals surface area contributed by atoms with Crippen molar-refractivity contribution in [2.75, 3.05) is 20.8 Å². The summed E-state index contributed by atoms with van der Waals surface area (Å²) in [5.41, 5.74) is 1.77. The van der Waals surface area contributed by atoms with Crippen molar-refractivity contribution in [1.82, 2.24) is 0 Å². The van der Waals surface area contributed by atoms with Gasteiger partial charge in [0.15, 0.2) is 11.5 Å². The SMILES string of the molecule is CCOC(=O)c1c(C)c(C)c2cc(OC)c(OC)cc2c1O. The summed E-state index contributed by atoms with van der Waals surface area (Å²) in [6, 6.07) is 3.46. The van der Waals surface area contributed by atoms with Gasteiger partial charge in [-0.2, -0.15) is 0 Å². The van der Waals surface area contributed by atoms with E-state index in [0.717, 1.165) is 10.9 Å². The summed E-state index contributed by atoms with van der Waals surface area (Å²) in [6.07, 6.45) is 0. The average molecular weight is 304 g/mol. The second kappa shape index (κ2) is 6.13. The maximum Gasteiger partial charge on any atom is 0.342 e. The normalized spacial score (nSPS) is 10.6. The van der Waals surface area contributed by atoms with Crippen molar-refractivity contribution in [3.8, 4) is 17.2 Å². The van der Waals surface area contributed by atoms with Crippen LogP contribution in [0.1, 0.15) is 28.4 Å². The lowest BCUT2D eigenvalue weighted by molar-refractivity contribution is 0.0522. The van der Waals surface area contributed by atoms with Gasteiger partial charge in [-0.1, -0.05) is 0 Å². The molecule has 0 heterocycles. The first-order valence-corrected chi connectivity index (χ1v) is 7.01. The number of rotatable bonds is 4. The van der Waals surface area contributed by atoms with E-state index in [9.17, 15) is 9.90 Å². The highest BCUT2D eigenvalue weighted by Crippen LogP contribution is 2.41. The lowest BCUT2D eigenvalue weighted by Crippen LogP contribution is -2.08. The Labute approximate surface area is 129 Å². The van der Waals surface area contributed by atoms with Gasteiger partial charge < -0.3 is 19.3 Å². The number of phenolic OH excluding ortho intramolecular Hbond substituents is 1. The van der Waals surface area contributed by atoms with Gasteiger partial charge in [-0.25, -0.2) is 4.79 Å². The number of phenols is 1. The molecule has 0 saturated carbocycles. The molecule has 5 nitrogen and oxygen atoms in total. The first kappa shape index (κ1) is 15.9. The van der Waals surface area contributed by atoms with Crippen molar-refractivity contribution in [3.05, 3.63) is 28.8 Å². The molecule has 0 aliphatic carbocycles. The number of hydrogen-bond acceptors (Lipinski definition) is 5. The fraction of sp³-hybridized carbons (Fsp3) is 0.353. The second-order valence-electron chi connectivity index (χ2n) is 4.95. The second-order valence-corrected chi connectivity index (χ2v) is 4.95. The summed E-state index contributed by atoms with van der Waals surface area (Å²) in [6.45, 7) is 5.66. The summed E-state index contributed by atoms with van der Waals surface area (Å²) in [4.78, 5) is 12.1. The lowest BCUT2D eigenvalue weighted by atomic mass is 9.94. The Hall–Kier alpha value is -2.43. The summed E-state index contributed by atoms with van der Waals surface area (Å²) in [5.74, 6) is 0.430. The lowest BCUT2D eigenvalue weighted by Gasteiger charge is -2.16. The number of benzene rings is 2. The Balaban J connectivity index is 2.84. The van der Waals surface area contributed by atoms with Gasteiger partial charge in [0.25, 0.3) is 0 Å². The van der Waals surface area contributed by atoms with Crippen LogP contribution >= 0.6 is 0 Å². The molecule has 0 unspecified atom stereocenters. The van der Waals surface area contributed by atoms with Crippen LogP contribution in [0.5, 0.6) is 17.2 Å². The molecule has 0 amide bonds. The highest BCUT2D eigenvalue weighted by Gasteiger charge is 2.22. The van der Waals surface area contributed by atoms with E-state index in [1.54, 1.807) is 33.1 Å². The summed E-state index contributed by atoms with van der Waals surface area (Å²) >= 11 is 0. The molecule has 0 aliphatic rings.